The van der Waals surface area contributed by atoms with E-state index in [9.17, 15) is 9.59 Å². The predicted octanol–water partition coefficient (Wildman–Crippen LogP) is 2.35. The minimum absolute atomic E-state index is 0.376. The van der Waals surface area contributed by atoms with Gasteiger partial charge in [0.05, 0.1) is 7.11 Å². The highest BCUT2D eigenvalue weighted by Gasteiger charge is 2.47. The molecule has 1 aliphatic rings. The number of ether oxygens (including phenoxy) is 1. The largest absolute Gasteiger partial charge is 0.497 e. The van der Waals surface area contributed by atoms with Crippen molar-refractivity contribution < 1.29 is 14.3 Å². The van der Waals surface area contributed by atoms with Crippen LogP contribution in [0.1, 0.15) is 11.6 Å². The number of Topliss-reactive ketones (excluding diaryl/α,β-unsaturated/α-hetero) is 1. The lowest BCUT2D eigenvalue weighted by Crippen LogP contribution is -2.56. The Bertz CT molecular complexity index is 649. The van der Waals surface area contributed by atoms with Crippen LogP contribution in [0.4, 0.5) is 5.69 Å². The summed E-state index contributed by atoms with van der Waals surface area (Å²) in [6.07, 6.45) is 0. The van der Waals surface area contributed by atoms with Crippen molar-refractivity contribution in [2.75, 3.05) is 12.0 Å². The second kappa shape index (κ2) is 4.81. The molecule has 0 N–H and O–H groups in total. The fourth-order valence-corrected chi connectivity index (χ4v) is 2.35. The smallest absolute Gasteiger partial charge is 0.297 e. The first-order chi connectivity index (χ1) is 9.72. The van der Waals surface area contributed by atoms with Gasteiger partial charge in [0.15, 0.2) is 0 Å². The summed E-state index contributed by atoms with van der Waals surface area (Å²) >= 11 is 0. The standard InChI is InChI=1S/C16H13NO3/c1-20-13-9-7-11(8-10-13)14-15(18)16(19)17(14)12-5-3-2-4-6-12/h2-10,14H,1H3/t14-/m0/s1. The highest BCUT2D eigenvalue weighted by molar-refractivity contribution is 6.51. The summed E-state index contributed by atoms with van der Waals surface area (Å²) in [5.74, 6) is -0.117. The molecule has 4 heteroatoms. The van der Waals surface area contributed by atoms with Gasteiger partial charge >= 0.3 is 0 Å². The summed E-state index contributed by atoms with van der Waals surface area (Å²) in [5, 5.41) is 0. The monoisotopic (exact) mass is 267 g/mol. The van der Waals surface area contributed by atoms with Gasteiger partial charge in [-0.2, -0.15) is 0 Å². The summed E-state index contributed by atoms with van der Waals surface area (Å²) in [6.45, 7) is 0. The fourth-order valence-electron chi connectivity index (χ4n) is 2.35. The molecular weight excluding hydrogens is 254 g/mol. The van der Waals surface area contributed by atoms with Gasteiger partial charge in [-0.1, -0.05) is 30.3 Å². The predicted molar refractivity (Wildman–Crippen MR) is 74.7 cm³/mol. The average molecular weight is 267 g/mol. The van der Waals surface area contributed by atoms with Crippen molar-refractivity contribution in [2.24, 2.45) is 0 Å². The lowest BCUT2D eigenvalue weighted by Gasteiger charge is -2.38. The van der Waals surface area contributed by atoms with Crippen molar-refractivity contribution in [2.45, 2.75) is 6.04 Å². The Morgan fingerprint density at radius 1 is 0.950 bits per heavy atom. The molecule has 2 aromatic carbocycles. The Hall–Kier alpha value is -2.62. The van der Waals surface area contributed by atoms with Gasteiger partial charge in [-0.15, -0.1) is 0 Å². The van der Waals surface area contributed by atoms with E-state index >= 15 is 0 Å². The molecule has 0 saturated carbocycles. The lowest BCUT2D eigenvalue weighted by molar-refractivity contribution is -0.143. The molecule has 0 unspecified atom stereocenters. The summed E-state index contributed by atoms with van der Waals surface area (Å²) in [6, 6.07) is 15.9. The van der Waals surface area contributed by atoms with E-state index in [1.54, 1.807) is 19.2 Å². The highest BCUT2D eigenvalue weighted by atomic mass is 16.5. The van der Waals surface area contributed by atoms with Crippen LogP contribution >= 0.6 is 0 Å². The number of carbonyl (C=O) groups is 2. The molecule has 0 radical (unpaired) electrons. The molecule has 1 fully saturated rings. The molecule has 0 spiro atoms. The average Bonchev–Trinajstić information content (AvgIpc) is 2.52. The zero-order chi connectivity index (χ0) is 14.1. The number of nitrogens with zero attached hydrogens (tertiary/aromatic N) is 1. The topological polar surface area (TPSA) is 46.6 Å². The number of para-hydroxylation sites is 1. The molecule has 100 valence electrons. The van der Waals surface area contributed by atoms with E-state index in [1.807, 2.05) is 42.5 Å². The second-order valence-corrected chi connectivity index (χ2v) is 4.55. The Labute approximate surface area is 116 Å². The molecule has 1 amide bonds. The molecular formula is C16H13NO3. The van der Waals surface area contributed by atoms with E-state index in [-0.39, 0.29) is 5.78 Å². The third-order valence-electron chi connectivity index (χ3n) is 3.40. The van der Waals surface area contributed by atoms with Crippen LogP contribution in [0.2, 0.25) is 0 Å². The van der Waals surface area contributed by atoms with Crippen LogP contribution < -0.4 is 9.64 Å². The Morgan fingerprint density at radius 2 is 1.60 bits per heavy atom. The van der Waals surface area contributed by atoms with Crippen LogP contribution in [0.3, 0.4) is 0 Å². The maximum Gasteiger partial charge on any atom is 0.297 e. The van der Waals surface area contributed by atoms with Crippen molar-refractivity contribution in [1.82, 2.24) is 0 Å². The summed E-state index contributed by atoms with van der Waals surface area (Å²) in [4.78, 5) is 25.2. The number of β-lactam (4-membered cyclic amide) rings is 1. The number of hydrogen-bond acceptors (Lipinski definition) is 3. The van der Waals surface area contributed by atoms with Gasteiger partial charge in [-0.05, 0) is 29.8 Å². The number of ketones is 1. The van der Waals surface area contributed by atoms with Crippen LogP contribution in [-0.2, 0) is 9.59 Å². The molecule has 1 heterocycles. The van der Waals surface area contributed by atoms with Gasteiger partial charge in [0, 0.05) is 5.69 Å². The number of carbonyl (C=O) groups excluding carboxylic acids is 2. The van der Waals surface area contributed by atoms with Crippen LogP contribution in [0, 0.1) is 0 Å². The van der Waals surface area contributed by atoms with Crippen LogP contribution in [0.15, 0.2) is 54.6 Å². The normalized spacial score (nSPS) is 17.9. The van der Waals surface area contributed by atoms with E-state index in [0.29, 0.717) is 0 Å². The van der Waals surface area contributed by atoms with Crippen LogP contribution in [0.5, 0.6) is 5.75 Å². The quantitative estimate of drug-likeness (QED) is 0.633. The molecule has 3 rings (SSSR count). The number of hydrogen-bond donors (Lipinski definition) is 0. The van der Waals surface area contributed by atoms with Crippen molar-refractivity contribution in [1.29, 1.82) is 0 Å². The second-order valence-electron chi connectivity index (χ2n) is 4.55. The molecule has 1 aliphatic heterocycles. The van der Waals surface area contributed by atoms with Gasteiger partial charge in [0.1, 0.15) is 11.8 Å². The van der Waals surface area contributed by atoms with E-state index in [4.69, 9.17) is 4.74 Å². The molecule has 1 atom stereocenters. The third kappa shape index (κ3) is 1.86. The zero-order valence-corrected chi connectivity index (χ0v) is 10.9. The summed E-state index contributed by atoms with van der Waals surface area (Å²) < 4.78 is 5.09. The van der Waals surface area contributed by atoms with E-state index in [1.165, 1.54) is 4.90 Å². The highest BCUT2D eigenvalue weighted by Crippen LogP contribution is 2.36. The first-order valence-corrected chi connectivity index (χ1v) is 6.29. The molecule has 0 bridgehead atoms. The van der Waals surface area contributed by atoms with Crippen molar-refractivity contribution in [3.8, 4) is 5.75 Å². The maximum absolute atomic E-state index is 11.9. The molecule has 2 aromatic rings. The molecule has 4 nitrogen and oxygen atoms in total. The third-order valence-corrected chi connectivity index (χ3v) is 3.40. The maximum atomic E-state index is 11.9. The summed E-state index contributed by atoms with van der Waals surface area (Å²) in [5.41, 5.74) is 1.53. The Balaban J connectivity index is 1.94. The molecule has 1 saturated heterocycles. The minimum Gasteiger partial charge on any atom is -0.497 e. The van der Waals surface area contributed by atoms with E-state index in [0.717, 1.165) is 17.0 Å². The van der Waals surface area contributed by atoms with Gasteiger partial charge in [-0.3, -0.25) is 14.5 Å². The van der Waals surface area contributed by atoms with Crippen LogP contribution in [-0.4, -0.2) is 18.8 Å². The fraction of sp³-hybridized carbons (Fsp3) is 0.125. The van der Waals surface area contributed by atoms with Gasteiger partial charge in [0.2, 0.25) is 5.78 Å². The molecule has 0 aliphatic carbocycles. The zero-order valence-electron chi connectivity index (χ0n) is 10.9. The Morgan fingerprint density at radius 3 is 2.20 bits per heavy atom. The number of amides is 1. The van der Waals surface area contributed by atoms with Gasteiger partial charge in [0.25, 0.3) is 5.91 Å². The molecule has 0 aromatic heterocycles. The number of anilines is 1. The Kier molecular flexibility index (Phi) is 2.99. The number of methoxy groups -OCH3 is 1. The SMILES string of the molecule is COc1ccc([C@H]2C(=O)C(=O)N2c2ccccc2)cc1. The van der Waals surface area contributed by atoms with Gasteiger partial charge in [-0.25, -0.2) is 0 Å². The number of benzene rings is 2. The van der Waals surface area contributed by atoms with Crippen molar-refractivity contribution in [3.63, 3.8) is 0 Å². The van der Waals surface area contributed by atoms with Gasteiger partial charge < -0.3 is 4.74 Å². The first-order valence-electron chi connectivity index (χ1n) is 6.29. The van der Waals surface area contributed by atoms with Crippen LogP contribution in [0.25, 0.3) is 0 Å². The van der Waals surface area contributed by atoms with Crippen molar-refractivity contribution in [3.05, 3.63) is 60.2 Å². The first kappa shape index (κ1) is 12.4. The van der Waals surface area contributed by atoms with Crippen molar-refractivity contribution >= 4 is 17.4 Å². The summed E-state index contributed by atoms with van der Waals surface area (Å²) in [7, 11) is 1.59. The number of rotatable bonds is 3. The lowest BCUT2D eigenvalue weighted by atomic mass is 9.91. The minimum atomic E-state index is -0.532. The van der Waals surface area contributed by atoms with E-state index in [2.05, 4.69) is 0 Å². The van der Waals surface area contributed by atoms with E-state index < -0.39 is 11.9 Å². The molecule has 20 heavy (non-hydrogen) atoms.